The van der Waals surface area contributed by atoms with E-state index in [1.165, 1.54) is 19.3 Å². The Labute approximate surface area is 194 Å². The van der Waals surface area contributed by atoms with Crippen LogP contribution in [0.25, 0.3) is 11.3 Å². The van der Waals surface area contributed by atoms with Gasteiger partial charge < -0.3 is 14.5 Å². The van der Waals surface area contributed by atoms with Crippen LogP contribution in [0.1, 0.15) is 61.0 Å². The second-order valence-electron chi connectivity index (χ2n) is 9.82. The van der Waals surface area contributed by atoms with Crippen LogP contribution in [0.15, 0.2) is 24.5 Å². The van der Waals surface area contributed by atoms with Gasteiger partial charge in [0.05, 0.1) is 11.9 Å². The first kappa shape index (κ1) is 22.1. The molecule has 3 aliphatic rings. The van der Waals surface area contributed by atoms with Gasteiger partial charge in [0.15, 0.2) is 5.69 Å². The second kappa shape index (κ2) is 8.89. The number of nitrogens with zero attached hydrogens (tertiary/aromatic N) is 5. The highest BCUT2D eigenvalue weighted by Gasteiger charge is 2.49. The van der Waals surface area contributed by atoms with Crippen molar-refractivity contribution in [1.29, 1.82) is 0 Å². The van der Waals surface area contributed by atoms with Gasteiger partial charge in [-0.05, 0) is 57.7 Å². The molecule has 8 nitrogen and oxygen atoms in total. The predicted octanol–water partition coefficient (Wildman–Crippen LogP) is 2.98. The summed E-state index contributed by atoms with van der Waals surface area (Å²) in [6, 6.07) is 3.91. The van der Waals surface area contributed by atoms with Crippen molar-refractivity contribution in [2.75, 3.05) is 33.2 Å². The largest absolute Gasteiger partial charge is 0.449 e. The Morgan fingerprint density at radius 2 is 1.97 bits per heavy atom. The number of rotatable bonds is 5. The van der Waals surface area contributed by atoms with Crippen molar-refractivity contribution < 1.29 is 14.3 Å². The van der Waals surface area contributed by atoms with Gasteiger partial charge in [-0.3, -0.25) is 9.48 Å². The molecule has 2 fully saturated rings. The number of likely N-dealkylation sites (N-methyl/N-ethyl adjacent to an activating group) is 1. The van der Waals surface area contributed by atoms with Crippen LogP contribution in [-0.4, -0.2) is 69.7 Å². The molecule has 0 aromatic carbocycles. The van der Waals surface area contributed by atoms with Gasteiger partial charge in [-0.15, -0.1) is 0 Å². The minimum absolute atomic E-state index is 0.00708. The number of carbonyl (C=O) groups is 2. The maximum Gasteiger partial charge on any atom is 0.358 e. The lowest BCUT2D eigenvalue weighted by Crippen LogP contribution is -2.43. The van der Waals surface area contributed by atoms with Crippen LogP contribution in [0.5, 0.6) is 0 Å². The molecular weight excluding hydrogens is 418 g/mol. The van der Waals surface area contributed by atoms with Gasteiger partial charge in [-0.2, -0.15) is 5.10 Å². The summed E-state index contributed by atoms with van der Waals surface area (Å²) in [7, 11) is 3.77. The quantitative estimate of drug-likeness (QED) is 0.650. The summed E-state index contributed by atoms with van der Waals surface area (Å²) < 4.78 is 7.63. The fourth-order valence-corrected chi connectivity index (χ4v) is 5.58. The number of hydrogen-bond acceptors (Lipinski definition) is 6. The number of pyridine rings is 1. The van der Waals surface area contributed by atoms with E-state index in [-0.39, 0.29) is 17.8 Å². The number of aryl methyl sites for hydroxylation is 1. The summed E-state index contributed by atoms with van der Waals surface area (Å²) in [6.45, 7) is 4.03. The summed E-state index contributed by atoms with van der Waals surface area (Å²) in [5.74, 6) is -0.150. The fourth-order valence-electron chi connectivity index (χ4n) is 5.58. The summed E-state index contributed by atoms with van der Waals surface area (Å²) in [5.41, 5.74) is 2.21. The molecule has 33 heavy (non-hydrogen) atoms. The Kier molecular flexibility index (Phi) is 5.95. The number of esters is 1. The molecule has 5 rings (SSSR count). The molecule has 0 unspecified atom stereocenters. The van der Waals surface area contributed by atoms with Crippen molar-refractivity contribution in [2.45, 2.75) is 50.5 Å². The lowest BCUT2D eigenvalue weighted by molar-refractivity contribution is -0.137. The highest BCUT2D eigenvalue weighted by molar-refractivity contribution is 5.93. The van der Waals surface area contributed by atoms with E-state index in [0.717, 1.165) is 55.8 Å². The Bertz CT molecular complexity index is 1030. The predicted molar refractivity (Wildman–Crippen MR) is 123 cm³/mol. The van der Waals surface area contributed by atoms with Crippen molar-refractivity contribution in [2.24, 2.45) is 13.0 Å². The van der Waals surface area contributed by atoms with Crippen LogP contribution >= 0.6 is 0 Å². The first-order chi connectivity index (χ1) is 15.9. The zero-order valence-corrected chi connectivity index (χ0v) is 19.6. The molecule has 1 saturated heterocycles. The zero-order chi connectivity index (χ0) is 23.0. The molecule has 1 saturated carbocycles. The molecule has 2 aliphatic heterocycles. The zero-order valence-electron chi connectivity index (χ0n) is 19.6. The number of carbonyl (C=O) groups excluding carboxylic acids is 2. The number of aromatic nitrogens is 3. The lowest BCUT2D eigenvalue weighted by atomic mass is 9.75. The molecule has 1 aliphatic carbocycles. The van der Waals surface area contributed by atoms with Crippen molar-refractivity contribution in [3.8, 4) is 11.3 Å². The fraction of sp³-hybridized carbons (Fsp3) is 0.600. The standard InChI is InChI=1S/C25H33N5O3/c1-28(14-15-30-12-4-3-5-13-30)23(31)18-8-10-25(11-9-18)20-6-7-21(19-16-26-29(2)17-19)27-22(20)24(32)33-25/h6-7,16-18H,3-5,8-15H2,1-2H3. The highest BCUT2D eigenvalue weighted by atomic mass is 16.6. The maximum atomic E-state index is 13.1. The van der Waals surface area contributed by atoms with Crippen LogP contribution in [0.2, 0.25) is 0 Å². The Balaban J connectivity index is 1.22. The average molecular weight is 452 g/mol. The molecule has 0 atom stereocenters. The average Bonchev–Trinajstić information content (AvgIpc) is 3.39. The molecule has 0 N–H and O–H groups in total. The van der Waals surface area contributed by atoms with Gasteiger partial charge in [0.25, 0.3) is 0 Å². The van der Waals surface area contributed by atoms with Gasteiger partial charge in [0.2, 0.25) is 5.91 Å². The number of fused-ring (bicyclic) bond motifs is 2. The molecular formula is C25H33N5O3. The number of piperidine rings is 1. The molecule has 2 aromatic heterocycles. The molecule has 8 heteroatoms. The van der Waals surface area contributed by atoms with Crippen LogP contribution < -0.4 is 0 Å². The lowest BCUT2D eigenvalue weighted by Gasteiger charge is -2.37. The van der Waals surface area contributed by atoms with Gasteiger partial charge in [0.1, 0.15) is 5.60 Å². The number of hydrogen-bond donors (Lipinski definition) is 0. The van der Waals surface area contributed by atoms with E-state index in [9.17, 15) is 9.59 Å². The Hall–Kier alpha value is -2.74. The summed E-state index contributed by atoms with van der Waals surface area (Å²) in [5, 5.41) is 4.19. The molecule has 2 aromatic rings. The van der Waals surface area contributed by atoms with Crippen molar-refractivity contribution >= 4 is 11.9 Å². The van der Waals surface area contributed by atoms with E-state index < -0.39 is 5.60 Å². The molecule has 0 radical (unpaired) electrons. The van der Waals surface area contributed by atoms with Crippen molar-refractivity contribution in [3.63, 3.8) is 0 Å². The molecule has 1 amide bonds. The number of amides is 1. The molecule has 1 spiro atoms. The van der Waals surface area contributed by atoms with E-state index in [0.29, 0.717) is 18.5 Å². The van der Waals surface area contributed by atoms with Gasteiger partial charge >= 0.3 is 5.97 Å². The second-order valence-corrected chi connectivity index (χ2v) is 9.82. The van der Waals surface area contributed by atoms with E-state index in [1.807, 2.05) is 37.3 Å². The van der Waals surface area contributed by atoms with Crippen LogP contribution in [0.4, 0.5) is 0 Å². The van der Waals surface area contributed by atoms with Gasteiger partial charge in [-0.25, -0.2) is 9.78 Å². The first-order valence-corrected chi connectivity index (χ1v) is 12.2. The van der Waals surface area contributed by atoms with E-state index in [1.54, 1.807) is 10.9 Å². The highest BCUT2D eigenvalue weighted by Crippen LogP contribution is 2.48. The van der Waals surface area contributed by atoms with E-state index in [2.05, 4.69) is 15.0 Å². The SMILES string of the molecule is CN(CCN1CCCCC1)C(=O)C1CCC2(CC1)OC(=O)c1nc(-c3cnn(C)c3)ccc12. The molecule has 176 valence electrons. The summed E-state index contributed by atoms with van der Waals surface area (Å²) in [6.07, 6.45) is 10.2. The monoisotopic (exact) mass is 451 g/mol. The third kappa shape index (κ3) is 4.28. The van der Waals surface area contributed by atoms with Crippen LogP contribution in [0, 0.1) is 5.92 Å². The van der Waals surface area contributed by atoms with Crippen molar-refractivity contribution in [3.05, 3.63) is 35.8 Å². The Morgan fingerprint density at radius 3 is 2.67 bits per heavy atom. The smallest absolute Gasteiger partial charge is 0.358 e. The minimum Gasteiger partial charge on any atom is -0.449 e. The topological polar surface area (TPSA) is 80.6 Å². The normalized spacial score (nSPS) is 25.2. The number of ether oxygens (including phenoxy) is 1. The van der Waals surface area contributed by atoms with Crippen LogP contribution in [-0.2, 0) is 22.2 Å². The van der Waals surface area contributed by atoms with Crippen molar-refractivity contribution in [1.82, 2.24) is 24.6 Å². The number of likely N-dealkylation sites (tertiary alicyclic amines) is 1. The maximum absolute atomic E-state index is 13.1. The van der Waals surface area contributed by atoms with Crippen LogP contribution in [0.3, 0.4) is 0 Å². The molecule has 4 heterocycles. The van der Waals surface area contributed by atoms with E-state index in [4.69, 9.17) is 4.74 Å². The third-order valence-electron chi connectivity index (χ3n) is 7.59. The van der Waals surface area contributed by atoms with Gasteiger partial charge in [0, 0.05) is 50.4 Å². The summed E-state index contributed by atoms with van der Waals surface area (Å²) >= 11 is 0. The molecule has 0 bridgehead atoms. The first-order valence-electron chi connectivity index (χ1n) is 12.2. The third-order valence-corrected chi connectivity index (χ3v) is 7.59. The minimum atomic E-state index is -0.643. The summed E-state index contributed by atoms with van der Waals surface area (Å²) in [4.78, 5) is 34.7. The van der Waals surface area contributed by atoms with E-state index >= 15 is 0 Å². The Morgan fingerprint density at radius 1 is 1.21 bits per heavy atom. The van der Waals surface area contributed by atoms with Gasteiger partial charge in [-0.1, -0.05) is 12.5 Å².